The van der Waals surface area contributed by atoms with Gasteiger partial charge < -0.3 is 9.84 Å². The fourth-order valence-corrected chi connectivity index (χ4v) is 3.70. The molecule has 1 aliphatic carbocycles. The Morgan fingerprint density at radius 3 is 2.18 bits per heavy atom. The maximum absolute atomic E-state index is 12.7. The second-order valence-corrected chi connectivity index (χ2v) is 8.39. The number of alkyl halides is 2. The summed E-state index contributed by atoms with van der Waals surface area (Å²) in [7, 11) is -3.54. The number of hydrogen-bond donors (Lipinski definition) is 1. The van der Waals surface area contributed by atoms with Gasteiger partial charge in [0.15, 0.2) is 9.84 Å². The van der Waals surface area contributed by atoms with Crippen LogP contribution in [0.15, 0.2) is 0 Å². The summed E-state index contributed by atoms with van der Waals surface area (Å²) >= 11 is 0. The van der Waals surface area contributed by atoms with Crippen molar-refractivity contribution in [2.75, 3.05) is 13.2 Å². The van der Waals surface area contributed by atoms with E-state index in [0.29, 0.717) is 12.8 Å². The molecule has 0 atom stereocenters. The first-order valence-electron chi connectivity index (χ1n) is 5.34. The Balaban J connectivity index is 2.76. The van der Waals surface area contributed by atoms with Crippen LogP contribution in [0.2, 0.25) is 0 Å². The van der Waals surface area contributed by atoms with E-state index in [1.165, 1.54) is 13.8 Å². The highest BCUT2D eigenvalue weighted by molar-refractivity contribution is 7.94. The number of halogens is 2. The molecule has 0 spiro atoms. The van der Waals surface area contributed by atoms with Gasteiger partial charge in [-0.05, 0) is 33.6 Å². The molecule has 0 heterocycles. The molecule has 4 nitrogen and oxygen atoms in total. The minimum Gasteiger partial charge on any atom is -0.387 e. The van der Waals surface area contributed by atoms with Gasteiger partial charge >= 0.3 is 6.11 Å². The molecule has 0 unspecified atom stereocenters. The summed E-state index contributed by atoms with van der Waals surface area (Å²) in [5.74, 6) is 0. The van der Waals surface area contributed by atoms with Gasteiger partial charge in [-0.3, -0.25) is 0 Å². The average Bonchev–Trinajstić information content (AvgIpc) is 2.95. The molecule has 0 aliphatic heterocycles. The lowest BCUT2D eigenvalue weighted by Gasteiger charge is -2.29. The smallest absolute Gasteiger partial charge is 0.378 e. The Kier molecular flexibility index (Phi) is 3.60. The highest BCUT2D eigenvalue weighted by Crippen LogP contribution is 2.47. The van der Waals surface area contributed by atoms with Gasteiger partial charge in [-0.2, -0.15) is 8.78 Å². The van der Waals surface area contributed by atoms with Gasteiger partial charge in [-0.1, -0.05) is 0 Å². The topological polar surface area (TPSA) is 63.6 Å². The predicted octanol–water partition coefficient (Wildman–Crippen LogP) is 1.33. The van der Waals surface area contributed by atoms with E-state index >= 15 is 0 Å². The quantitative estimate of drug-likeness (QED) is 0.792. The van der Waals surface area contributed by atoms with Gasteiger partial charge in [0.2, 0.25) is 0 Å². The van der Waals surface area contributed by atoms with E-state index in [-0.39, 0.29) is 0 Å². The highest BCUT2D eigenvalue weighted by Gasteiger charge is 2.56. The van der Waals surface area contributed by atoms with Gasteiger partial charge in [-0.15, -0.1) is 0 Å². The van der Waals surface area contributed by atoms with Crippen LogP contribution in [0.5, 0.6) is 0 Å². The number of ether oxygens (including phenoxy) is 1. The Labute approximate surface area is 99.9 Å². The lowest BCUT2D eigenvalue weighted by molar-refractivity contribution is -0.259. The predicted molar refractivity (Wildman–Crippen MR) is 58.6 cm³/mol. The lowest BCUT2D eigenvalue weighted by atomic mass is 10.2. The van der Waals surface area contributed by atoms with E-state index in [4.69, 9.17) is 5.11 Å². The molecule has 1 fully saturated rings. The molecule has 0 radical (unpaired) electrons. The molecule has 0 aromatic heterocycles. The van der Waals surface area contributed by atoms with Gasteiger partial charge in [-0.25, -0.2) is 8.42 Å². The van der Waals surface area contributed by atoms with Crippen LogP contribution in [-0.2, 0) is 14.6 Å². The van der Waals surface area contributed by atoms with Gasteiger partial charge in [0.1, 0.15) is 6.61 Å². The molecule has 0 saturated heterocycles. The zero-order valence-corrected chi connectivity index (χ0v) is 11.0. The van der Waals surface area contributed by atoms with Crippen molar-refractivity contribution in [3.8, 4) is 0 Å². The summed E-state index contributed by atoms with van der Waals surface area (Å²) in [5, 5.41) is 8.34. The third-order valence-corrected chi connectivity index (χ3v) is 6.42. The van der Waals surface area contributed by atoms with Crippen LogP contribution in [0.1, 0.15) is 33.6 Å². The standard InChI is InChI=1S/C10H18F2O4S/c1-8(2,7-16-10(11,12)6-13)17(14,15)9(3)4-5-9/h13H,4-7H2,1-3H3. The molecular weight excluding hydrogens is 254 g/mol. The molecule has 102 valence electrons. The van der Waals surface area contributed by atoms with Crippen molar-refractivity contribution in [1.29, 1.82) is 0 Å². The molecule has 17 heavy (non-hydrogen) atoms. The fraction of sp³-hybridized carbons (Fsp3) is 1.00. The summed E-state index contributed by atoms with van der Waals surface area (Å²) < 4.78 is 51.7. The van der Waals surface area contributed by atoms with Crippen LogP contribution in [0, 0.1) is 0 Å². The molecule has 0 aromatic rings. The maximum Gasteiger partial charge on any atom is 0.378 e. The maximum atomic E-state index is 12.7. The highest BCUT2D eigenvalue weighted by atomic mass is 32.2. The number of sulfone groups is 1. The molecule has 1 rings (SSSR count). The third kappa shape index (κ3) is 2.77. The first-order chi connectivity index (χ1) is 7.47. The zero-order chi connectivity index (χ0) is 13.5. The summed E-state index contributed by atoms with van der Waals surface area (Å²) in [4.78, 5) is 0. The van der Waals surface area contributed by atoms with Crippen LogP contribution in [0.3, 0.4) is 0 Å². The minimum atomic E-state index is -3.70. The average molecular weight is 272 g/mol. The van der Waals surface area contributed by atoms with Crippen molar-refractivity contribution in [3.63, 3.8) is 0 Å². The van der Waals surface area contributed by atoms with Crippen molar-refractivity contribution in [2.45, 2.75) is 49.2 Å². The third-order valence-electron chi connectivity index (χ3n) is 3.15. The van der Waals surface area contributed by atoms with Crippen molar-refractivity contribution in [1.82, 2.24) is 0 Å². The van der Waals surface area contributed by atoms with Crippen LogP contribution in [-0.4, -0.2) is 42.3 Å². The summed E-state index contributed by atoms with van der Waals surface area (Å²) in [5.41, 5.74) is 0. The van der Waals surface area contributed by atoms with Crippen LogP contribution < -0.4 is 0 Å². The number of rotatable bonds is 6. The van der Waals surface area contributed by atoms with Crippen molar-refractivity contribution in [3.05, 3.63) is 0 Å². The van der Waals surface area contributed by atoms with Gasteiger partial charge in [0, 0.05) is 0 Å². The van der Waals surface area contributed by atoms with Gasteiger partial charge in [0.25, 0.3) is 0 Å². The summed E-state index contributed by atoms with van der Waals surface area (Å²) in [6, 6.07) is 0. The molecular formula is C10H18F2O4S. The summed E-state index contributed by atoms with van der Waals surface area (Å²) in [6.07, 6.45) is -2.60. The van der Waals surface area contributed by atoms with E-state index in [9.17, 15) is 17.2 Å². The molecule has 1 N–H and O–H groups in total. The Morgan fingerprint density at radius 2 is 1.82 bits per heavy atom. The zero-order valence-electron chi connectivity index (χ0n) is 10.2. The van der Waals surface area contributed by atoms with Crippen molar-refractivity contribution >= 4 is 9.84 Å². The van der Waals surface area contributed by atoms with Crippen LogP contribution in [0.4, 0.5) is 8.78 Å². The van der Waals surface area contributed by atoms with E-state index in [2.05, 4.69) is 4.74 Å². The van der Waals surface area contributed by atoms with E-state index < -0.39 is 38.7 Å². The number of hydrogen-bond acceptors (Lipinski definition) is 4. The second kappa shape index (κ2) is 4.13. The molecule has 0 bridgehead atoms. The van der Waals surface area contributed by atoms with E-state index in [1.807, 2.05) is 0 Å². The van der Waals surface area contributed by atoms with E-state index in [1.54, 1.807) is 6.92 Å². The Bertz CT molecular complexity index is 385. The minimum absolute atomic E-state index is 0.551. The summed E-state index contributed by atoms with van der Waals surface area (Å²) in [6.45, 7) is 2.23. The molecule has 1 aliphatic rings. The van der Waals surface area contributed by atoms with Gasteiger partial charge in [0.05, 0.1) is 16.1 Å². The molecule has 1 saturated carbocycles. The monoisotopic (exact) mass is 272 g/mol. The molecule has 7 heteroatoms. The van der Waals surface area contributed by atoms with Crippen molar-refractivity contribution in [2.24, 2.45) is 0 Å². The SMILES string of the molecule is CC(C)(COC(F)(F)CO)S(=O)(=O)C1(C)CC1. The van der Waals surface area contributed by atoms with Crippen LogP contribution in [0.25, 0.3) is 0 Å². The normalized spacial score (nSPS) is 20.4. The first-order valence-corrected chi connectivity index (χ1v) is 6.83. The largest absolute Gasteiger partial charge is 0.387 e. The molecule has 0 amide bonds. The van der Waals surface area contributed by atoms with E-state index in [0.717, 1.165) is 0 Å². The Morgan fingerprint density at radius 1 is 1.35 bits per heavy atom. The lowest BCUT2D eigenvalue weighted by Crippen LogP contribution is -2.45. The van der Waals surface area contributed by atoms with Crippen LogP contribution >= 0.6 is 0 Å². The number of aliphatic hydroxyl groups is 1. The molecule has 0 aromatic carbocycles. The number of aliphatic hydroxyl groups excluding tert-OH is 1. The second-order valence-electron chi connectivity index (χ2n) is 5.30. The van der Waals surface area contributed by atoms with Crippen molar-refractivity contribution < 1.29 is 27.0 Å². The Hall–Kier alpha value is -0.270. The fourth-order valence-electron chi connectivity index (χ4n) is 1.51. The first kappa shape index (κ1) is 14.8.